The van der Waals surface area contributed by atoms with E-state index in [1.54, 1.807) is 11.3 Å². The molecular weight excluding hydrogens is 390 g/mol. The van der Waals surface area contributed by atoms with Gasteiger partial charge in [-0.05, 0) is 6.92 Å². The second-order valence-corrected chi connectivity index (χ2v) is 10.1. The van der Waals surface area contributed by atoms with Crippen molar-refractivity contribution in [3.05, 3.63) is 35.2 Å². The number of sulfonamides is 1. The van der Waals surface area contributed by atoms with Gasteiger partial charge < -0.3 is 4.90 Å². The Balaban J connectivity index is 0.000000409. The van der Waals surface area contributed by atoms with Crippen LogP contribution in [0.4, 0.5) is 5.13 Å². The van der Waals surface area contributed by atoms with Crippen LogP contribution in [0.25, 0.3) is 11.3 Å². The van der Waals surface area contributed by atoms with Crippen LogP contribution in [0.5, 0.6) is 0 Å². The minimum atomic E-state index is -3.08. The molecule has 0 N–H and O–H groups in total. The Hall–Kier alpha value is -1.44. The number of anilines is 1. The average molecular weight is 424 g/mol. The quantitative estimate of drug-likeness (QED) is 0.627. The smallest absolute Gasteiger partial charge is 0.211 e. The van der Waals surface area contributed by atoms with Gasteiger partial charge >= 0.3 is 0 Å². The number of thiazole rings is 1. The van der Waals surface area contributed by atoms with E-state index in [1.165, 1.54) is 41.8 Å². The highest BCUT2D eigenvalue weighted by Crippen LogP contribution is 2.28. The summed E-state index contributed by atoms with van der Waals surface area (Å²) in [5.74, 6) is 0. The summed E-state index contributed by atoms with van der Waals surface area (Å²) >= 11 is 1.61. The zero-order chi connectivity index (χ0) is 20.6. The van der Waals surface area contributed by atoms with Crippen molar-refractivity contribution in [1.82, 2.24) is 9.29 Å². The molecule has 0 radical (unpaired) electrons. The molecule has 2 heterocycles. The number of hydrogen-bond donors (Lipinski definition) is 0. The Morgan fingerprint density at radius 2 is 1.57 bits per heavy atom. The molecule has 1 saturated heterocycles. The summed E-state index contributed by atoms with van der Waals surface area (Å²) < 4.78 is 24.6. The van der Waals surface area contributed by atoms with Gasteiger partial charge in [-0.1, -0.05) is 69.4 Å². The molecule has 0 atom stereocenters. The molecular formula is C21H33N3O2S2. The lowest BCUT2D eigenvalue weighted by molar-refractivity contribution is 0.388. The Morgan fingerprint density at radius 1 is 1.00 bits per heavy atom. The van der Waals surface area contributed by atoms with Crippen LogP contribution in [0.2, 0.25) is 0 Å². The molecule has 0 aliphatic carbocycles. The summed E-state index contributed by atoms with van der Waals surface area (Å²) in [6.07, 6.45) is 6.80. The van der Waals surface area contributed by atoms with Gasteiger partial charge in [-0.15, -0.1) is 11.3 Å². The van der Waals surface area contributed by atoms with E-state index in [4.69, 9.17) is 4.98 Å². The van der Waals surface area contributed by atoms with Crippen molar-refractivity contribution in [2.45, 2.75) is 46.5 Å². The van der Waals surface area contributed by atoms with Gasteiger partial charge in [0.2, 0.25) is 10.0 Å². The number of benzene rings is 1. The van der Waals surface area contributed by atoms with E-state index in [0.717, 1.165) is 16.4 Å². The summed E-state index contributed by atoms with van der Waals surface area (Å²) in [5, 5.41) is 3.02. The summed E-state index contributed by atoms with van der Waals surface area (Å²) in [5.41, 5.74) is 3.32. The van der Waals surface area contributed by atoms with Crippen LogP contribution < -0.4 is 4.90 Å². The van der Waals surface area contributed by atoms with E-state index < -0.39 is 10.0 Å². The number of aryl methyl sites for hydroxylation is 1. The first-order valence-corrected chi connectivity index (χ1v) is 12.8. The minimum absolute atomic E-state index is 0.526. The Bertz CT molecular complexity index is 804. The molecule has 1 aliphatic heterocycles. The number of nitrogens with zero attached hydrogens (tertiary/aromatic N) is 3. The summed E-state index contributed by atoms with van der Waals surface area (Å²) in [6, 6.07) is 8.32. The summed E-state index contributed by atoms with van der Waals surface area (Å²) in [4.78, 5) is 6.85. The Labute approximate surface area is 174 Å². The molecule has 1 fully saturated rings. The van der Waals surface area contributed by atoms with Crippen LogP contribution in [0.3, 0.4) is 0 Å². The van der Waals surface area contributed by atoms with Crippen molar-refractivity contribution in [1.29, 1.82) is 0 Å². The molecule has 1 aromatic heterocycles. The van der Waals surface area contributed by atoms with Gasteiger partial charge in [-0.25, -0.2) is 13.4 Å². The summed E-state index contributed by atoms with van der Waals surface area (Å²) in [7, 11) is -3.08. The van der Waals surface area contributed by atoms with Crippen LogP contribution >= 0.6 is 11.3 Å². The fraction of sp³-hybridized carbons (Fsp3) is 0.571. The van der Waals surface area contributed by atoms with Gasteiger partial charge in [-0.2, -0.15) is 4.31 Å². The van der Waals surface area contributed by atoms with Crippen molar-refractivity contribution in [3.8, 4) is 11.3 Å². The van der Waals surface area contributed by atoms with E-state index in [9.17, 15) is 8.42 Å². The first-order valence-electron chi connectivity index (χ1n) is 10.1. The zero-order valence-electron chi connectivity index (χ0n) is 17.5. The summed E-state index contributed by atoms with van der Waals surface area (Å²) in [6.45, 7) is 8.96. The van der Waals surface area contributed by atoms with Crippen LogP contribution in [-0.2, 0) is 10.0 Å². The maximum atomic E-state index is 11.5. The van der Waals surface area contributed by atoms with Crippen LogP contribution in [0, 0.1) is 6.92 Å². The monoisotopic (exact) mass is 423 g/mol. The second kappa shape index (κ2) is 10.9. The predicted octanol–water partition coefficient (Wildman–Crippen LogP) is 4.79. The van der Waals surface area contributed by atoms with Crippen molar-refractivity contribution >= 4 is 26.5 Å². The second-order valence-electron chi connectivity index (χ2n) is 7.24. The third-order valence-electron chi connectivity index (χ3n) is 4.77. The van der Waals surface area contributed by atoms with E-state index >= 15 is 0 Å². The highest BCUT2D eigenvalue weighted by Gasteiger charge is 2.24. The molecule has 0 amide bonds. The van der Waals surface area contributed by atoms with E-state index in [0.29, 0.717) is 26.2 Å². The highest BCUT2D eigenvalue weighted by molar-refractivity contribution is 7.88. The van der Waals surface area contributed by atoms with Gasteiger partial charge in [0.15, 0.2) is 5.13 Å². The predicted molar refractivity (Wildman–Crippen MR) is 121 cm³/mol. The van der Waals surface area contributed by atoms with E-state index in [1.807, 2.05) is 0 Å². The standard InChI is InChI=1S/C15H19N3O2S2.C6H14/c1-12-3-5-13(6-4-12)14-11-21-15(16-14)17-7-9-18(10-8-17)22(2,19)20;1-3-5-6-4-2/h3-6,11H,7-10H2,1-2H3;3-6H2,1-2H3. The fourth-order valence-electron chi connectivity index (χ4n) is 2.98. The lowest BCUT2D eigenvalue weighted by Crippen LogP contribution is -2.48. The first kappa shape index (κ1) is 22.8. The molecule has 1 aromatic carbocycles. The molecule has 1 aliphatic rings. The fourth-order valence-corrected chi connectivity index (χ4v) is 4.69. The molecule has 156 valence electrons. The van der Waals surface area contributed by atoms with Crippen molar-refractivity contribution < 1.29 is 8.42 Å². The maximum absolute atomic E-state index is 11.5. The van der Waals surface area contributed by atoms with Gasteiger partial charge in [0.25, 0.3) is 0 Å². The number of hydrogen-bond acceptors (Lipinski definition) is 5. The maximum Gasteiger partial charge on any atom is 0.211 e. The Morgan fingerprint density at radius 3 is 2.07 bits per heavy atom. The molecule has 28 heavy (non-hydrogen) atoms. The lowest BCUT2D eigenvalue weighted by atomic mass is 10.1. The van der Waals surface area contributed by atoms with Crippen molar-refractivity contribution in [3.63, 3.8) is 0 Å². The molecule has 3 rings (SSSR count). The van der Waals surface area contributed by atoms with Crippen molar-refractivity contribution in [2.24, 2.45) is 0 Å². The van der Waals surface area contributed by atoms with Crippen LogP contribution in [0.1, 0.15) is 45.1 Å². The van der Waals surface area contributed by atoms with Crippen LogP contribution in [0.15, 0.2) is 29.6 Å². The molecule has 7 heteroatoms. The van der Waals surface area contributed by atoms with Crippen LogP contribution in [-0.4, -0.2) is 50.1 Å². The normalized spacial score (nSPS) is 15.2. The third kappa shape index (κ3) is 6.87. The van der Waals surface area contributed by atoms with Crippen molar-refractivity contribution in [2.75, 3.05) is 37.3 Å². The molecule has 0 saturated carbocycles. The molecule has 5 nitrogen and oxygen atoms in total. The molecule has 0 bridgehead atoms. The van der Waals surface area contributed by atoms with E-state index in [-0.39, 0.29) is 0 Å². The number of unbranched alkanes of at least 4 members (excludes halogenated alkanes) is 3. The lowest BCUT2D eigenvalue weighted by Gasteiger charge is -2.32. The zero-order valence-corrected chi connectivity index (χ0v) is 19.2. The number of rotatable bonds is 6. The first-order chi connectivity index (χ1) is 13.3. The molecule has 0 spiro atoms. The van der Waals surface area contributed by atoms with E-state index in [2.05, 4.69) is 55.3 Å². The molecule has 0 unspecified atom stereocenters. The third-order valence-corrected chi connectivity index (χ3v) is 6.98. The van der Waals surface area contributed by atoms with Gasteiger partial charge in [0, 0.05) is 37.1 Å². The van der Waals surface area contributed by atoms with Gasteiger partial charge in [0.1, 0.15) is 0 Å². The van der Waals surface area contributed by atoms with Gasteiger partial charge in [0.05, 0.1) is 11.9 Å². The highest BCUT2D eigenvalue weighted by atomic mass is 32.2. The molecule has 2 aromatic rings. The number of piperazine rings is 1. The minimum Gasteiger partial charge on any atom is -0.345 e. The number of aromatic nitrogens is 1. The average Bonchev–Trinajstić information content (AvgIpc) is 3.17. The largest absolute Gasteiger partial charge is 0.345 e. The topological polar surface area (TPSA) is 53.5 Å². The Kier molecular flexibility index (Phi) is 8.92. The van der Waals surface area contributed by atoms with Gasteiger partial charge in [-0.3, -0.25) is 0 Å². The SMILES string of the molecule is CCCCCC.Cc1ccc(-c2csc(N3CCN(S(C)(=O)=O)CC3)n2)cc1.